The maximum atomic E-state index is 10.8. The Balaban J connectivity index is 2.41. The number of fused-ring (bicyclic) bond motifs is 1. The van der Waals surface area contributed by atoms with Gasteiger partial charge in [-0.15, -0.1) is 5.10 Å². The third-order valence-electron chi connectivity index (χ3n) is 1.45. The van der Waals surface area contributed by atoms with E-state index in [2.05, 4.69) is 31.3 Å². The Morgan fingerprint density at radius 2 is 2.45 bits per heavy atom. The molecule has 0 aliphatic carbocycles. The molecule has 1 aliphatic heterocycles. The van der Waals surface area contributed by atoms with Crippen molar-refractivity contribution in [3.63, 3.8) is 0 Å². The first kappa shape index (κ1) is 6.78. The second kappa shape index (κ2) is 2.30. The summed E-state index contributed by atoms with van der Waals surface area (Å²) in [6, 6.07) is 0. The first-order valence-electron chi connectivity index (χ1n) is 3.16. The van der Waals surface area contributed by atoms with E-state index in [1.807, 2.05) is 0 Å². The fraction of sp³-hybridized carbons (Fsp3) is 0.400. The lowest BCUT2D eigenvalue weighted by molar-refractivity contribution is -0.117. The summed E-state index contributed by atoms with van der Waals surface area (Å²) in [4.78, 5) is 14.8. The zero-order valence-electron chi connectivity index (χ0n) is 5.54. The summed E-state index contributed by atoms with van der Waals surface area (Å²) >= 11 is 3.12. The number of rotatable bonds is 0. The van der Waals surface area contributed by atoms with E-state index in [0.29, 0.717) is 23.6 Å². The van der Waals surface area contributed by atoms with Gasteiger partial charge in [0.2, 0.25) is 16.6 Å². The molecule has 0 radical (unpaired) electrons. The number of aryl methyl sites for hydroxylation is 1. The Labute approximate surface area is 70.9 Å². The number of nitrogens with one attached hydrogen (secondary N) is 1. The summed E-state index contributed by atoms with van der Waals surface area (Å²) in [6.45, 7) is 0.611. The number of aromatic nitrogens is 3. The Kier molecular flexibility index (Phi) is 1.42. The van der Waals surface area contributed by atoms with Crippen LogP contribution < -0.4 is 5.32 Å². The summed E-state index contributed by atoms with van der Waals surface area (Å²) in [5.74, 6) is 0.519. The van der Waals surface area contributed by atoms with Crippen molar-refractivity contribution in [3.8, 4) is 0 Å². The highest BCUT2D eigenvalue weighted by Crippen LogP contribution is 2.14. The fourth-order valence-electron chi connectivity index (χ4n) is 0.957. The van der Waals surface area contributed by atoms with Gasteiger partial charge in [0.15, 0.2) is 0 Å². The van der Waals surface area contributed by atoms with Gasteiger partial charge in [-0.25, -0.2) is 4.68 Å². The zero-order valence-corrected chi connectivity index (χ0v) is 7.13. The molecule has 0 atom stereocenters. The predicted molar refractivity (Wildman–Crippen MR) is 41.0 cm³/mol. The number of nitrogens with zero attached hydrogens (tertiary/aromatic N) is 3. The van der Waals surface area contributed by atoms with Crippen LogP contribution in [0.25, 0.3) is 0 Å². The molecular formula is C5H5BrN4O. The van der Waals surface area contributed by atoms with Gasteiger partial charge in [0.25, 0.3) is 0 Å². The van der Waals surface area contributed by atoms with Crippen LogP contribution in [-0.4, -0.2) is 20.7 Å². The molecule has 58 valence electrons. The van der Waals surface area contributed by atoms with Crippen LogP contribution in [0.5, 0.6) is 0 Å². The minimum absolute atomic E-state index is 0.00241. The van der Waals surface area contributed by atoms with Gasteiger partial charge in [0.05, 0.1) is 6.54 Å². The molecule has 2 heterocycles. The van der Waals surface area contributed by atoms with Crippen LogP contribution in [0.4, 0.5) is 5.95 Å². The van der Waals surface area contributed by atoms with Crippen LogP contribution in [-0.2, 0) is 11.3 Å². The van der Waals surface area contributed by atoms with Crippen LogP contribution >= 0.6 is 15.9 Å². The minimum atomic E-state index is -0.00241. The SMILES string of the molecule is O=C1CCn2nc(Br)nc2N1. The van der Waals surface area contributed by atoms with Crippen molar-refractivity contribution in [2.45, 2.75) is 13.0 Å². The van der Waals surface area contributed by atoms with Gasteiger partial charge < -0.3 is 0 Å². The monoisotopic (exact) mass is 216 g/mol. The van der Waals surface area contributed by atoms with Crippen molar-refractivity contribution in [1.82, 2.24) is 14.8 Å². The van der Waals surface area contributed by atoms with Crippen LogP contribution in [0, 0.1) is 0 Å². The summed E-state index contributed by atoms with van der Waals surface area (Å²) in [7, 11) is 0. The standard InChI is InChI=1S/C5H5BrN4O/c6-4-8-5-7-3(11)1-2-10(5)9-4/h1-2H2,(H,7,8,9,11). The van der Waals surface area contributed by atoms with E-state index in [1.165, 1.54) is 0 Å². The molecule has 0 unspecified atom stereocenters. The van der Waals surface area contributed by atoms with Crippen molar-refractivity contribution in [2.24, 2.45) is 0 Å². The lowest BCUT2D eigenvalue weighted by atomic mass is 10.4. The number of amides is 1. The van der Waals surface area contributed by atoms with Gasteiger partial charge in [0, 0.05) is 6.42 Å². The lowest BCUT2D eigenvalue weighted by Gasteiger charge is -2.11. The van der Waals surface area contributed by atoms with E-state index >= 15 is 0 Å². The van der Waals surface area contributed by atoms with E-state index in [4.69, 9.17) is 0 Å². The highest BCUT2D eigenvalue weighted by atomic mass is 79.9. The Morgan fingerprint density at radius 1 is 1.64 bits per heavy atom. The molecule has 1 aromatic heterocycles. The van der Waals surface area contributed by atoms with Crippen LogP contribution in [0.2, 0.25) is 0 Å². The molecule has 1 amide bonds. The molecular weight excluding hydrogens is 212 g/mol. The maximum Gasteiger partial charge on any atom is 0.228 e. The zero-order chi connectivity index (χ0) is 7.84. The molecule has 1 aliphatic rings. The van der Waals surface area contributed by atoms with Crippen LogP contribution in [0.3, 0.4) is 0 Å². The largest absolute Gasteiger partial charge is 0.295 e. The van der Waals surface area contributed by atoms with E-state index in [1.54, 1.807) is 4.68 Å². The first-order chi connectivity index (χ1) is 5.25. The summed E-state index contributed by atoms with van der Waals surface area (Å²) in [6.07, 6.45) is 0.475. The molecule has 0 saturated carbocycles. The summed E-state index contributed by atoms with van der Waals surface area (Å²) in [5, 5.41) is 6.59. The van der Waals surface area contributed by atoms with Crippen molar-refractivity contribution in [1.29, 1.82) is 0 Å². The molecule has 1 N–H and O–H groups in total. The van der Waals surface area contributed by atoms with E-state index in [0.717, 1.165) is 0 Å². The molecule has 11 heavy (non-hydrogen) atoms. The quantitative estimate of drug-likeness (QED) is 0.683. The third-order valence-corrected chi connectivity index (χ3v) is 1.78. The molecule has 5 nitrogen and oxygen atoms in total. The van der Waals surface area contributed by atoms with Crippen molar-refractivity contribution < 1.29 is 4.79 Å². The normalized spacial score (nSPS) is 15.9. The van der Waals surface area contributed by atoms with E-state index < -0.39 is 0 Å². The smallest absolute Gasteiger partial charge is 0.228 e. The van der Waals surface area contributed by atoms with Crippen molar-refractivity contribution in [3.05, 3.63) is 4.73 Å². The molecule has 6 heteroatoms. The number of anilines is 1. The highest BCUT2D eigenvalue weighted by molar-refractivity contribution is 9.10. The topological polar surface area (TPSA) is 59.8 Å². The average molecular weight is 217 g/mol. The molecule has 0 aromatic carbocycles. The van der Waals surface area contributed by atoms with Gasteiger partial charge in [-0.2, -0.15) is 4.98 Å². The molecule has 0 fully saturated rings. The number of carbonyl (C=O) groups is 1. The first-order valence-corrected chi connectivity index (χ1v) is 3.95. The van der Waals surface area contributed by atoms with Crippen molar-refractivity contribution >= 4 is 27.8 Å². The highest BCUT2D eigenvalue weighted by Gasteiger charge is 2.16. The molecule has 0 saturated heterocycles. The number of hydrogen-bond donors (Lipinski definition) is 1. The van der Waals surface area contributed by atoms with E-state index in [9.17, 15) is 4.79 Å². The van der Waals surface area contributed by atoms with Gasteiger partial charge in [-0.05, 0) is 15.9 Å². The lowest BCUT2D eigenvalue weighted by Crippen LogP contribution is -2.23. The third kappa shape index (κ3) is 1.13. The Morgan fingerprint density at radius 3 is 3.27 bits per heavy atom. The van der Waals surface area contributed by atoms with Gasteiger partial charge >= 0.3 is 0 Å². The Hall–Kier alpha value is -0.910. The second-order valence-electron chi connectivity index (χ2n) is 2.23. The van der Waals surface area contributed by atoms with Crippen LogP contribution in [0.1, 0.15) is 6.42 Å². The number of halogens is 1. The van der Waals surface area contributed by atoms with Gasteiger partial charge in [0.1, 0.15) is 0 Å². The van der Waals surface area contributed by atoms with Gasteiger partial charge in [-0.1, -0.05) is 0 Å². The predicted octanol–water partition coefficient (Wildman–Crippen LogP) is 0.383. The van der Waals surface area contributed by atoms with Crippen LogP contribution in [0.15, 0.2) is 4.73 Å². The summed E-state index contributed by atoms with van der Waals surface area (Å²) in [5.41, 5.74) is 0. The number of carbonyl (C=O) groups excluding carboxylic acids is 1. The van der Waals surface area contributed by atoms with Gasteiger partial charge in [-0.3, -0.25) is 10.1 Å². The molecule has 0 spiro atoms. The Bertz CT molecular complexity index is 307. The molecule has 1 aromatic rings. The second-order valence-corrected chi connectivity index (χ2v) is 2.94. The van der Waals surface area contributed by atoms with E-state index in [-0.39, 0.29) is 5.91 Å². The number of hydrogen-bond acceptors (Lipinski definition) is 3. The van der Waals surface area contributed by atoms with Crippen molar-refractivity contribution in [2.75, 3.05) is 5.32 Å². The maximum absolute atomic E-state index is 10.8. The average Bonchev–Trinajstić information content (AvgIpc) is 2.27. The molecule has 0 bridgehead atoms. The minimum Gasteiger partial charge on any atom is -0.295 e. The summed E-state index contributed by atoms with van der Waals surface area (Å²) < 4.78 is 2.17. The fourth-order valence-corrected chi connectivity index (χ4v) is 1.32. The molecule has 2 rings (SSSR count).